The van der Waals surface area contributed by atoms with Crippen LogP contribution in [-0.4, -0.2) is 50.8 Å². The molecule has 2 N–H and O–H groups in total. The number of nitrogens with zero attached hydrogens (tertiary/aromatic N) is 1. The lowest BCUT2D eigenvalue weighted by Crippen LogP contribution is -2.41. The van der Waals surface area contributed by atoms with E-state index in [9.17, 15) is 18.0 Å². The molecule has 1 aliphatic rings. The van der Waals surface area contributed by atoms with Crippen LogP contribution in [0.4, 0.5) is 0 Å². The molecule has 1 saturated heterocycles. The van der Waals surface area contributed by atoms with Crippen LogP contribution in [0.2, 0.25) is 0 Å². The molecule has 2 aromatic rings. The van der Waals surface area contributed by atoms with Gasteiger partial charge in [-0.2, -0.15) is 4.31 Å². The van der Waals surface area contributed by atoms with Gasteiger partial charge in [-0.05, 0) is 43.3 Å². The lowest BCUT2D eigenvalue weighted by atomic mass is 10.2. The van der Waals surface area contributed by atoms with Gasteiger partial charge in [0.1, 0.15) is 11.5 Å². The lowest BCUT2D eigenvalue weighted by Gasteiger charge is -2.26. The summed E-state index contributed by atoms with van der Waals surface area (Å²) in [5, 5.41) is 0. The molecule has 154 valence electrons. The fourth-order valence-electron chi connectivity index (χ4n) is 2.67. The molecule has 1 aliphatic heterocycles. The minimum Gasteiger partial charge on any atom is -0.462 e. The molecule has 0 spiro atoms. The molecule has 10 heteroatoms. The molecule has 2 amide bonds. The number of benzene rings is 1. The van der Waals surface area contributed by atoms with Gasteiger partial charge >= 0.3 is 0 Å². The third-order valence-electron chi connectivity index (χ3n) is 4.16. The van der Waals surface area contributed by atoms with Crippen molar-refractivity contribution in [2.24, 2.45) is 0 Å². The predicted molar refractivity (Wildman–Crippen MR) is 104 cm³/mol. The predicted octanol–water partition coefficient (Wildman–Crippen LogP) is 1.08. The Morgan fingerprint density at radius 2 is 1.86 bits per heavy atom. The number of furan rings is 1. The van der Waals surface area contributed by atoms with Crippen LogP contribution in [0.5, 0.6) is 0 Å². The van der Waals surface area contributed by atoms with Crippen molar-refractivity contribution in [3.05, 3.63) is 59.6 Å². The van der Waals surface area contributed by atoms with Gasteiger partial charge in [-0.15, -0.1) is 0 Å². The van der Waals surface area contributed by atoms with Crippen molar-refractivity contribution < 1.29 is 27.2 Å². The second-order valence-electron chi connectivity index (χ2n) is 6.27. The molecule has 9 nitrogen and oxygen atoms in total. The summed E-state index contributed by atoms with van der Waals surface area (Å²) in [6.07, 6.45) is 2.67. The van der Waals surface area contributed by atoms with E-state index in [1.807, 2.05) is 0 Å². The summed E-state index contributed by atoms with van der Waals surface area (Å²) in [5.41, 5.74) is 4.59. The number of rotatable bonds is 5. The molecule has 0 saturated carbocycles. The highest BCUT2D eigenvalue weighted by atomic mass is 32.2. The number of nitrogens with one attached hydrogen (secondary N) is 2. The van der Waals surface area contributed by atoms with Crippen molar-refractivity contribution in [2.75, 3.05) is 26.3 Å². The number of carbonyl (C=O) groups is 2. The molecule has 1 aromatic heterocycles. The van der Waals surface area contributed by atoms with Gasteiger partial charge in [0.15, 0.2) is 0 Å². The quantitative estimate of drug-likeness (QED) is 0.553. The number of sulfonamides is 1. The van der Waals surface area contributed by atoms with E-state index in [0.717, 1.165) is 0 Å². The van der Waals surface area contributed by atoms with Crippen molar-refractivity contribution in [2.45, 2.75) is 11.8 Å². The monoisotopic (exact) mass is 419 g/mol. The first-order valence-electron chi connectivity index (χ1n) is 8.89. The number of hydrogen-bond donors (Lipinski definition) is 2. The first kappa shape index (κ1) is 20.8. The summed E-state index contributed by atoms with van der Waals surface area (Å²) in [6.45, 7) is 2.96. The summed E-state index contributed by atoms with van der Waals surface area (Å²) in [6, 6.07) is 9.10. The summed E-state index contributed by atoms with van der Waals surface area (Å²) < 4.78 is 37.2. The van der Waals surface area contributed by atoms with Crippen molar-refractivity contribution in [3.63, 3.8) is 0 Å². The highest BCUT2D eigenvalue weighted by molar-refractivity contribution is 7.89. The van der Waals surface area contributed by atoms with Gasteiger partial charge in [0.25, 0.3) is 11.8 Å². The van der Waals surface area contributed by atoms with Crippen molar-refractivity contribution in [1.29, 1.82) is 0 Å². The van der Waals surface area contributed by atoms with Gasteiger partial charge in [-0.25, -0.2) is 8.42 Å². The fraction of sp³-hybridized carbons (Fsp3) is 0.263. The Kier molecular flexibility index (Phi) is 6.47. The van der Waals surface area contributed by atoms with Crippen LogP contribution in [0.25, 0.3) is 6.08 Å². The van der Waals surface area contributed by atoms with E-state index in [4.69, 9.17) is 9.15 Å². The number of hydrazine groups is 1. The summed E-state index contributed by atoms with van der Waals surface area (Å²) >= 11 is 0. The summed E-state index contributed by atoms with van der Waals surface area (Å²) in [4.78, 5) is 24.1. The highest BCUT2D eigenvalue weighted by Crippen LogP contribution is 2.18. The molecule has 2 heterocycles. The fourth-order valence-corrected chi connectivity index (χ4v) is 4.12. The summed E-state index contributed by atoms with van der Waals surface area (Å²) in [7, 11) is -3.72. The Balaban J connectivity index is 1.61. The lowest BCUT2D eigenvalue weighted by molar-refractivity contribution is -0.117. The molecular weight excluding hydrogens is 398 g/mol. The van der Waals surface area contributed by atoms with Gasteiger partial charge in [0, 0.05) is 24.7 Å². The van der Waals surface area contributed by atoms with Crippen molar-refractivity contribution in [3.8, 4) is 0 Å². The van der Waals surface area contributed by atoms with E-state index in [2.05, 4.69) is 10.9 Å². The largest absolute Gasteiger partial charge is 0.462 e. The van der Waals surface area contributed by atoms with E-state index in [-0.39, 0.29) is 23.5 Å². The Bertz CT molecular complexity index is 1020. The van der Waals surface area contributed by atoms with Gasteiger partial charge in [0.05, 0.1) is 18.1 Å². The topological polar surface area (TPSA) is 118 Å². The molecule has 0 atom stereocenters. The number of aryl methyl sites for hydroxylation is 1. The SMILES string of the molecule is Cc1ccc(/C=C/C(=O)NNC(=O)c2cccc(S(=O)(=O)N3CCOCC3)c2)o1. The van der Waals surface area contributed by atoms with E-state index < -0.39 is 21.8 Å². The Labute approximate surface area is 168 Å². The minimum atomic E-state index is -3.72. The second-order valence-corrected chi connectivity index (χ2v) is 8.21. The molecule has 0 aliphatic carbocycles. The molecule has 0 bridgehead atoms. The van der Waals surface area contributed by atoms with E-state index in [0.29, 0.717) is 24.7 Å². The van der Waals surface area contributed by atoms with Crippen molar-refractivity contribution in [1.82, 2.24) is 15.2 Å². The summed E-state index contributed by atoms with van der Waals surface area (Å²) in [5.74, 6) is 0.0133. The van der Waals surface area contributed by atoms with Crippen LogP contribution in [0, 0.1) is 6.92 Å². The molecule has 1 fully saturated rings. The number of amides is 2. The maximum atomic E-state index is 12.7. The third kappa shape index (κ3) is 5.31. The van der Waals surface area contributed by atoms with Crippen LogP contribution in [0.15, 0.2) is 51.8 Å². The molecular formula is C19H21N3O6S. The maximum Gasteiger partial charge on any atom is 0.269 e. The molecule has 3 rings (SSSR count). The Hall–Kier alpha value is -2.95. The Morgan fingerprint density at radius 3 is 2.55 bits per heavy atom. The molecule has 0 radical (unpaired) electrons. The van der Waals surface area contributed by atoms with Gasteiger partial charge in [-0.1, -0.05) is 6.07 Å². The first-order chi connectivity index (χ1) is 13.9. The van der Waals surface area contributed by atoms with Crippen LogP contribution in [-0.2, 0) is 19.6 Å². The number of hydrogen-bond acceptors (Lipinski definition) is 6. The average molecular weight is 419 g/mol. The first-order valence-corrected chi connectivity index (χ1v) is 10.3. The molecule has 0 unspecified atom stereocenters. The number of ether oxygens (including phenoxy) is 1. The van der Waals surface area contributed by atoms with Gasteiger partial charge in [0.2, 0.25) is 10.0 Å². The highest BCUT2D eigenvalue weighted by Gasteiger charge is 2.26. The zero-order valence-corrected chi connectivity index (χ0v) is 16.6. The van der Waals surface area contributed by atoms with Gasteiger partial charge < -0.3 is 9.15 Å². The third-order valence-corrected chi connectivity index (χ3v) is 6.06. The zero-order valence-electron chi connectivity index (χ0n) is 15.8. The van der Waals surface area contributed by atoms with E-state index in [1.54, 1.807) is 19.1 Å². The molecule has 1 aromatic carbocycles. The Morgan fingerprint density at radius 1 is 1.10 bits per heavy atom. The van der Waals surface area contributed by atoms with E-state index >= 15 is 0 Å². The zero-order chi connectivity index (χ0) is 20.9. The van der Waals surface area contributed by atoms with Crippen LogP contribution in [0.1, 0.15) is 21.9 Å². The minimum absolute atomic E-state index is 0.00598. The normalized spacial score (nSPS) is 15.3. The van der Waals surface area contributed by atoms with Crippen LogP contribution < -0.4 is 10.9 Å². The maximum absolute atomic E-state index is 12.7. The van der Waals surface area contributed by atoms with Crippen LogP contribution >= 0.6 is 0 Å². The second kappa shape index (κ2) is 9.03. The standard InChI is InChI=1S/C19H21N3O6S/c1-14-5-6-16(28-14)7-8-18(23)20-21-19(24)15-3-2-4-17(13-15)29(25,26)22-9-11-27-12-10-22/h2-8,13H,9-12H2,1H3,(H,20,23)(H,21,24)/b8-7+. The van der Waals surface area contributed by atoms with Crippen LogP contribution in [0.3, 0.4) is 0 Å². The number of carbonyl (C=O) groups excluding carboxylic acids is 2. The number of morpholine rings is 1. The van der Waals surface area contributed by atoms with Crippen molar-refractivity contribution >= 4 is 27.9 Å². The van der Waals surface area contributed by atoms with E-state index in [1.165, 1.54) is 40.7 Å². The smallest absolute Gasteiger partial charge is 0.269 e. The average Bonchev–Trinajstić information content (AvgIpc) is 3.16. The molecule has 29 heavy (non-hydrogen) atoms. The van der Waals surface area contributed by atoms with Gasteiger partial charge in [-0.3, -0.25) is 20.4 Å².